The third-order valence-corrected chi connectivity index (χ3v) is 6.06. The molecule has 1 aromatic rings. The summed E-state index contributed by atoms with van der Waals surface area (Å²) in [4.78, 5) is 29.9. The first-order chi connectivity index (χ1) is 12.5. The van der Waals surface area contributed by atoms with Crippen molar-refractivity contribution in [2.75, 3.05) is 13.6 Å². The summed E-state index contributed by atoms with van der Waals surface area (Å²) in [6.07, 6.45) is 6.93. The zero-order valence-electron chi connectivity index (χ0n) is 15.4. The Morgan fingerprint density at radius 1 is 1.46 bits per heavy atom. The van der Waals surface area contributed by atoms with E-state index in [9.17, 15) is 9.59 Å². The summed E-state index contributed by atoms with van der Waals surface area (Å²) in [5.74, 6) is -0.915. The van der Waals surface area contributed by atoms with E-state index in [-0.39, 0.29) is 24.0 Å². The van der Waals surface area contributed by atoms with Gasteiger partial charge in [-0.05, 0) is 12.8 Å². The van der Waals surface area contributed by atoms with E-state index in [1.807, 2.05) is 17.1 Å². The normalized spacial score (nSPS) is 31.9. The lowest BCUT2D eigenvalue weighted by Crippen LogP contribution is -2.45. The molecule has 0 aromatic carbocycles. The number of nitrogens with zero attached hydrogens (tertiary/aromatic N) is 3. The van der Waals surface area contributed by atoms with Gasteiger partial charge in [-0.15, -0.1) is 0 Å². The number of ether oxygens (including phenoxy) is 1. The van der Waals surface area contributed by atoms with Crippen LogP contribution in [0.15, 0.2) is 29.0 Å². The number of likely N-dealkylation sites (tertiary alicyclic amines) is 1. The second kappa shape index (κ2) is 6.23. The number of hydrogen-bond donors (Lipinski definition) is 0. The molecule has 0 unspecified atom stereocenters. The van der Waals surface area contributed by atoms with Gasteiger partial charge in [-0.25, -0.2) is 0 Å². The third-order valence-electron chi connectivity index (χ3n) is 6.06. The van der Waals surface area contributed by atoms with Crippen LogP contribution < -0.4 is 0 Å². The Bertz CT molecular complexity index is 727. The number of carbonyl (C=O) groups is 2. The maximum Gasteiger partial charge on any atom is 0.230 e. The van der Waals surface area contributed by atoms with Crippen molar-refractivity contribution in [1.29, 1.82) is 0 Å². The molecule has 3 aliphatic heterocycles. The Kier molecular flexibility index (Phi) is 4.14. The van der Waals surface area contributed by atoms with Crippen molar-refractivity contribution >= 4 is 11.8 Å². The molecule has 2 bridgehead atoms. The quantitative estimate of drug-likeness (QED) is 0.721. The highest BCUT2D eigenvalue weighted by molar-refractivity contribution is 5.93. The number of rotatable bonds is 6. The van der Waals surface area contributed by atoms with E-state index in [1.54, 1.807) is 18.0 Å². The van der Waals surface area contributed by atoms with Crippen LogP contribution in [0.2, 0.25) is 0 Å². The van der Waals surface area contributed by atoms with E-state index in [0.29, 0.717) is 18.8 Å². The molecule has 140 valence electrons. The zero-order valence-corrected chi connectivity index (χ0v) is 15.4. The second-order valence-corrected chi connectivity index (χ2v) is 7.52. The Hall–Kier alpha value is -2.15. The number of aromatic nitrogens is 1. The fourth-order valence-corrected chi connectivity index (χ4v) is 4.74. The fraction of sp³-hybridized carbons (Fsp3) is 0.632. The highest BCUT2D eigenvalue weighted by Crippen LogP contribution is 2.52. The van der Waals surface area contributed by atoms with Crippen LogP contribution in [0.25, 0.3) is 0 Å². The Balaban J connectivity index is 1.57. The van der Waals surface area contributed by atoms with Gasteiger partial charge in [0.05, 0.1) is 31.0 Å². The van der Waals surface area contributed by atoms with Gasteiger partial charge in [0.25, 0.3) is 0 Å². The van der Waals surface area contributed by atoms with E-state index in [4.69, 9.17) is 9.26 Å². The van der Waals surface area contributed by atoms with Gasteiger partial charge in [0.15, 0.2) is 0 Å². The standard InChI is InChI=1S/C19H25N3O4/c1-4-13(5-2)22-11-19-8-6-14(26-19)15(16(19)18(22)24)17(23)21(3)10-12-7-9-25-20-12/h6-9,13-16H,4-5,10-11H2,1-3H3/t14-,15+,16-,19-/m0/s1. The van der Waals surface area contributed by atoms with Crippen molar-refractivity contribution < 1.29 is 18.8 Å². The highest BCUT2D eigenvalue weighted by atomic mass is 16.5. The van der Waals surface area contributed by atoms with Gasteiger partial charge in [-0.3, -0.25) is 9.59 Å². The van der Waals surface area contributed by atoms with Crippen molar-refractivity contribution in [1.82, 2.24) is 15.0 Å². The molecule has 7 nitrogen and oxygen atoms in total. The molecule has 0 saturated carbocycles. The van der Waals surface area contributed by atoms with Crippen molar-refractivity contribution in [2.45, 2.75) is 51.0 Å². The fourth-order valence-electron chi connectivity index (χ4n) is 4.74. The van der Waals surface area contributed by atoms with Gasteiger partial charge >= 0.3 is 0 Å². The van der Waals surface area contributed by atoms with Crippen LogP contribution in [0.3, 0.4) is 0 Å². The molecule has 2 amide bonds. The summed E-state index contributed by atoms with van der Waals surface area (Å²) < 4.78 is 11.0. The Morgan fingerprint density at radius 2 is 2.23 bits per heavy atom. The maximum absolute atomic E-state index is 13.2. The molecule has 0 aliphatic carbocycles. The highest BCUT2D eigenvalue weighted by Gasteiger charge is 2.67. The summed E-state index contributed by atoms with van der Waals surface area (Å²) in [5, 5.41) is 3.86. The van der Waals surface area contributed by atoms with Crippen molar-refractivity contribution in [3.63, 3.8) is 0 Å². The molecule has 4 heterocycles. The van der Waals surface area contributed by atoms with E-state index < -0.39 is 17.4 Å². The lowest BCUT2D eigenvalue weighted by atomic mass is 9.76. The molecule has 1 spiro atoms. The minimum atomic E-state index is -0.639. The van der Waals surface area contributed by atoms with E-state index in [0.717, 1.165) is 12.8 Å². The minimum Gasteiger partial charge on any atom is -0.364 e. The zero-order chi connectivity index (χ0) is 18.5. The largest absolute Gasteiger partial charge is 0.364 e. The van der Waals surface area contributed by atoms with Crippen LogP contribution in [0.1, 0.15) is 32.4 Å². The van der Waals surface area contributed by atoms with Gasteiger partial charge in [0, 0.05) is 19.2 Å². The van der Waals surface area contributed by atoms with Gasteiger partial charge < -0.3 is 19.1 Å². The predicted molar refractivity (Wildman–Crippen MR) is 92.8 cm³/mol. The van der Waals surface area contributed by atoms with Crippen LogP contribution in [0.4, 0.5) is 0 Å². The van der Waals surface area contributed by atoms with Crippen LogP contribution in [0.5, 0.6) is 0 Å². The first-order valence-electron chi connectivity index (χ1n) is 9.32. The first kappa shape index (κ1) is 17.3. The smallest absolute Gasteiger partial charge is 0.230 e. The van der Waals surface area contributed by atoms with Crippen LogP contribution in [0, 0.1) is 11.8 Å². The van der Waals surface area contributed by atoms with Crippen LogP contribution in [-0.2, 0) is 20.9 Å². The molecule has 26 heavy (non-hydrogen) atoms. The average Bonchev–Trinajstić information content (AvgIpc) is 3.38. The molecule has 4 atom stereocenters. The number of amides is 2. The summed E-state index contributed by atoms with van der Waals surface area (Å²) in [5.41, 5.74) is 0.0472. The molecular formula is C19H25N3O4. The first-order valence-corrected chi connectivity index (χ1v) is 9.32. The van der Waals surface area contributed by atoms with E-state index in [1.165, 1.54) is 6.26 Å². The van der Waals surface area contributed by atoms with Gasteiger partial charge in [0.2, 0.25) is 11.8 Å². The summed E-state index contributed by atoms with van der Waals surface area (Å²) in [7, 11) is 1.73. The van der Waals surface area contributed by atoms with E-state index in [2.05, 4.69) is 19.0 Å². The topological polar surface area (TPSA) is 75.9 Å². The van der Waals surface area contributed by atoms with E-state index >= 15 is 0 Å². The summed E-state index contributed by atoms with van der Waals surface area (Å²) >= 11 is 0. The van der Waals surface area contributed by atoms with Crippen molar-refractivity contribution in [3.05, 3.63) is 30.2 Å². The lowest BCUT2D eigenvalue weighted by molar-refractivity contribution is -0.143. The number of carbonyl (C=O) groups excluding carboxylic acids is 2. The monoisotopic (exact) mass is 359 g/mol. The summed E-state index contributed by atoms with van der Waals surface area (Å²) in [6, 6.07) is 1.93. The SMILES string of the molecule is CCC(CC)N1C[C@]23C=C[C@H](O2)[C@@H](C(=O)N(C)Cc2ccon2)[C@H]3C1=O. The van der Waals surface area contributed by atoms with Gasteiger partial charge in [-0.2, -0.15) is 0 Å². The third kappa shape index (κ3) is 2.40. The predicted octanol–water partition coefficient (Wildman–Crippen LogP) is 1.60. The average molecular weight is 359 g/mol. The minimum absolute atomic E-state index is 0.0544. The lowest BCUT2D eigenvalue weighted by Gasteiger charge is -2.29. The maximum atomic E-state index is 13.2. The second-order valence-electron chi connectivity index (χ2n) is 7.52. The Labute approximate surface area is 152 Å². The molecule has 3 aliphatic rings. The molecule has 7 heteroatoms. The van der Waals surface area contributed by atoms with Crippen molar-refractivity contribution in [2.24, 2.45) is 11.8 Å². The molecule has 4 rings (SSSR count). The van der Waals surface area contributed by atoms with Crippen LogP contribution in [-0.4, -0.2) is 58.1 Å². The molecule has 2 fully saturated rings. The summed E-state index contributed by atoms with van der Waals surface area (Å²) in [6.45, 7) is 5.09. The van der Waals surface area contributed by atoms with Crippen LogP contribution >= 0.6 is 0 Å². The molecule has 2 saturated heterocycles. The van der Waals surface area contributed by atoms with Gasteiger partial charge in [-0.1, -0.05) is 31.2 Å². The van der Waals surface area contributed by atoms with Gasteiger partial charge in [0.1, 0.15) is 17.6 Å². The Morgan fingerprint density at radius 3 is 2.88 bits per heavy atom. The molecule has 0 radical (unpaired) electrons. The number of hydrogen-bond acceptors (Lipinski definition) is 5. The molecular weight excluding hydrogens is 334 g/mol. The molecule has 1 aromatic heterocycles. The van der Waals surface area contributed by atoms with Crippen molar-refractivity contribution in [3.8, 4) is 0 Å². The number of fused-ring (bicyclic) bond motifs is 1. The molecule has 0 N–H and O–H groups in total.